The zero-order valence-electron chi connectivity index (χ0n) is 15.1. The van der Waals surface area contributed by atoms with Gasteiger partial charge in [0.05, 0.1) is 18.1 Å². The van der Waals surface area contributed by atoms with Crippen molar-refractivity contribution in [1.29, 1.82) is 0 Å². The highest BCUT2D eigenvalue weighted by atomic mass is 16.6. The standard InChI is InChI=1S/C20H23N3O4/c24-20(18-6-8-19(9-7-18)23(25)26)22(16-17-4-2-1-3-5-17)11-10-21-12-14-27-15-13-21/h1-9H,10-16H2. The second kappa shape index (κ2) is 9.25. The summed E-state index contributed by atoms with van der Waals surface area (Å²) in [7, 11) is 0. The van der Waals surface area contributed by atoms with E-state index in [1.165, 1.54) is 24.3 Å². The summed E-state index contributed by atoms with van der Waals surface area (Å²) in [5.41, 5.74) is 1.49. The van der Waals surface area contributed by atoms with Crippen LogP contribution < -0.4 is 0 Å². The summed E-state index contributed by atoms with van der Waals surface area (Å²) < 4.78 is 5.37. The molecule has 0 aliphatic carbocycles. The van der Waals surface area contributed by atoms with Gasteiger partial charge in [0, 0.05) is 50.4 Å². The quantitative estimate of drug-likeness (QED) is 0.554. The molecule has 0 saturated carbocycles. The van der Waals surface area contributed by atoms with Gasteiger partial charge in [0.1, 0.15) is 0 Å². The first kappa shape index (κ1) is 19.0. The van der Waals surface area contributed by atoms with Crippen molar-refractivity contribution >= 4 is 11.6 Å². The molecule has 3 rings (SSSR count). The summed E-state index contributed by atoms with van der Waals surface area (Å²) in [5, 5.41) is 10.8. The second-order valence-electron chi connectivity index (χ2n) is 6.47. The summed E-state index contributed by atoms with van der Waals surface area (Å²) in [6.07, 6.45) is 0. The zero-order valence-corrected chi connectivity index (χ0v) is 15.1. The molecule has 0 unspecified atom stereocenters. The smallest absolute Gasteiger partial charge is 0.269 e. The Morgan fingerprint density at radius 1 is 1.07 bits per heavy atom. The number of nitro groups is 1. The normalized spacial score (nSPS) is 14.7. The van der Waals surface area contributed by atoms with Gasteiger partial charge in [0.2, 0.25) is 0 Å². The van der Waals surface area contributed by atoms with Crippen LogP contribution in [0.25, 0.3) is 0 Å². The van der Waals surface area contributed by atoms with Crippen molar-refractivity contribution in [3.63, 3.8) is 0 Å². The van der Waals surface area contributed by atoms with E-state index in [1.54, 1.807) is 4.90 Å². The number of benzene rings is 2. The minimum absolute atomic E-state index is 0.0190. The van der Waals surface area contributed by atoms with Gasteiger partial charge in [-0.25, -0.2) is 0 Å². The molecule has 1 saturated heterocycles. The Hall–Kier alpha value is -2.77. The first-order valence-corrected chi connectivity index (χ1v) is 9.01. The molecule has 0 bridgehead atoms. The van der Waals surface area contributed by atoms with E-state index < -0.39 is 4.92 Å². The Kier molecular flexibility index (Phi) is 6.51. The highest BCUT2D eigenvalue weighted by Crippen LogP contribution is 2.15. The molecule has 0 N–H and O–H groups in total. The number of non-ortho nitro benzene ring substituents is 1. The van der Waals surface area contributed by atoms with E-state index >= 15 is 0 Å². The lowest BCUT2D eigenvalue weighted by molar-refractivity contribution is -0.384. The Morgan fingerprint density at radius 2 is 1.74 bits per heavy atom. The van der Waals surface area contributed by atoms with Crippen LogP contribution >= 0.6 is 0 Å². The van der Waals surface area contributed by atoms with Gasteiger partial charge >= 0.3 is 0 Å². The van der Waals surface area contributed by atoms with Gasteiger partial charge in [0.15, 0.2) is 0 Å². The molecule has 0 atom stereocenters. The van der Waals surface area contributed by atoms with Crippen molar-refractivity contribution in [3.05, 3.63) is 75.8 Å². The Morgan fingerprint density at radius 3 is 2.37 bits per heavy atom. The summed E-state index contributed by atoms with van der Waals surface area (Å²) >= 11 is 0. The number of morpholine rings is 1. The van der Waals surface area contributed by atoms with E-state index in [4.69, 9.17) is 4.74 Å². The largest absolute Gasteiger partial charge is 0.379 e. The third-order valence-corrected chi connectivity index (χ3v) is 4.62. The maximum atomic E-state index is 13.0. The number of hydrogen-bond donors (Lipinski definition) is 0. The van der Waals surface area contributed by atoms with E-state index in [0.717, 1.165) is 38.4 Å². The van der Waals surface area contributed by atoms with Crippen molar-refractivity contribution < 1.29 is 14.5 Å². The molecule has 7 heteroatoms. The minimum atomic E-state index is -0.464. The SMILES string of the molecule is O=C(c1ccc([N+](=O)[O-])cc1)N(CCN1CCOCC1)Cc1ccccc1. The van der Waals surface area contributed by atoms with E-state index in [9.17, 15) is 14.9 Å². The molecular formula is C20H23N3O4. The third kappa shape index (κ3) is 5.35. The van der Waals surface area contributed by atoms with Crippen LogP contribution in [-0.4, -0.2) is 60.0 Å². The van der Waals surface area contributed by atoms with Crippen LogP contribution in [0.3, 0.4) is 0 Å². The van der Waals surface area contributed by atoms with Gasteiger partial charge in [-0.2, -0.15) is 0 Å². The molecule has 27 heavy (non-hydrogen) atoms. The number of amides is 1. The average molecular weight is 369 g/mol. The predicted octanol–water partition coefficient (Wildman–Crippen LogP) is 2.57. The third-order valence-electron chi connectivity index (χ3n) is 4.62. The topological polar surface area (TPSA) is 75.9 Å². The fraction of sp³-hybridized carbons (Fsp3) is 0.350. The number of hydrogen-bond acceptors (Lipinski definition) is 5. The minimum Gasteiger partial charge on any atom is -0.379 e. The molecule has 2 aromatic carbocycles. The summed E-state index contributed by atoms with van der Waals surface area (Å²) in [6, 6.07) is 15.6. The Labute approximate surface area is 158 Å². The van der Waals surface area contributed by atoms with Crippen molar-refractivity contribution in [2.75, 3.05) is 39.4 Å². The molecule has 1 aliphatic heterocycles. The number of carbonyl (C=O) groups excluding carboxylic acids is 1. The molecule has 1 amide bonds. The van der Waals surface area contributed by atoms with Crippen LogP contribution in [0.4, 0.5) is 5.69 Å². The summed E-state index contributed by atoms with van der Waals surface area (Å²) in [4.78, 5) is 27.5. The van der Waals surface area contributed by atoms with Crippen molar-refractivity contribution in [2.45, 2.75) is 6.54 Å². The predicted molar refractivity (Wildman–Crippen MR) is 102 cm³/mol. The van der Waals surface area contributed by atoms with Crippen LogP contribution in [-0.2, 0) is 11.3 Å². The lowest BCUT2D eigenvalue weighted by Crippen LogP contribution is -2.42. The molecular weight excluding hydrogens is 346 g/mol. The van der Waals surface area contributed by atoms with E-state index in [1.807, 2.05) is 30.3 Å². The highest BCUT2D eigenvalue weighted by Gasteiger charge is 2.19. The van der Waals surface area contributed by atoms with E-state index in [2.05, 4.69) is 4.90 Å². The number of nitrogens with zero attached hydrogens (tertiary/aromatic N) is 3. The summed E-state index contributed by atoms with van der Waals surface area (Å²) in [5.74, 6) is -0.123. The van der Waals surface area contributed by atoms with Crippen molar-refractivity contribution in [2.24, 2.45) is 0 Å². The Bertz CT molecular complexity index is 759. The Balaban J connectivity index is 1.72. The van der Waals surface area contributed by atoms with Crippen LogP contribution in [0.15, 0.2) is 54.6 Å². The molecule has 1 heterocycles. The fourth-order valence-corrected chi connectivity index (χ4v) is 3.05. The lowest BCUT2D eigenvalue weighted by Gasteiger charge is -2.30. The van der Waals surface area contributed by atoms with Crippen LogP contribution in [0.5, 0.6) is 0 Å². The maximum Gasteiger partial charge on any atom is 0.269 e. The number of nitro benzene ring substituents is 1. The number of ether oxygens (including phenoxy) is 1. The fourth-order valence-electron chi connectivity index (χ4n) is 3.05. The van der Waals surface area contributed by atoms with Crippen molar-refractivity contribution in [1.82, 2.24) is 9.80 Å². The molecule has 0 radical (unpaired) electrons. The number of carbonyl (C=O) groups is 1. The molecule has 1 aliphatic rings. The van der Waals surface area contributed by atoms with E-state index in [-0.39, 0.29) is 11.6 Å². The van der Waals surface area contributed by atoms with Gasteiger partial charge < -0.3 is 9.64 Å². The second-order valence-corrected chi connectivity index (χ2v) is 6.47. The lowest BCUT2D eigenvalue weighted by atomic mass is 10.1. The maximum absolute atomic E-state index is 13.0. The van der Waals surface area contributed by atoms with Gasteiger partial charge in [-0.1, -0.05) is 30.3 Å². The van der Waals surface area contributed by atoms with Gasteiger partial charge in [-0.3, -0.25) is 19.8 Å². The number of rotatable bonds is 7. The summed E-state index contributed by atoms with van der Waals surface area (Å²) in [6.45, 7) is 5.03. The van der Waals surface area contributed by atoms with Gasteiger partial charge in [-0.05, 0) is 17.7 Å². The molecule has 7 nitrogen and oxygen atoms in total. The van der Waals surface area contributed by atoms with Gasteiger partial charge in [0.25, 0.3) is 11.6 Å². The molecule has 1 fully saturated rings. The van der Waals surface area contributed by atoms with Gasteiger partial charge in [-0.15, -0.1) is 0 Å². The highest BCUT2D eigenvalue weighted by molar-refractivity contribution is 5.94. The molecule has 0 spiro atoms. The van der Waals surface area contributed by atoms with Crippen molar-refractivity contribution in [3.8, 4) is 0 Å². The molecule has 2 aromatic rings. The molecule has 142 valence electrons. The van der Waals surface area contributed by atoms with E-state index in [0.29, 0.717) is 18.7 Å². The first-order chi connectivity index (χ1) is 13.1. The monoisotopic (exact) mass is 369 g/mol. The molecule has 0 aromatic heterocycles. The van der Waals surface area contributed by atoms with Crippen LogP contribution in [0.2, 0.25) is 0 Å². The van der Waals surface area contributed by atoms with Crippen LogP contribution in [0.1, 0.15) is 15.9 Å². The van der Waals surface area contributed by atoms with Crippen LogP contribution in [0, 0.1) is 10.1 Å². The first-order valence-electron chi connectivity index (χ1n) is 9.01. The zero-order chi connectivity index (χ0) is 19.1. The average Bonchev–Trinajstić information content (AvgIpc) is 2.72.